The van der Waals surface area contributed by atoms with E-state index in [1.54, 1.807) is 16.4 Å². The van der Waals surface area contributed by atoms with Crippen LogP contribution in [0.2, 0.25) is 0 Å². The Labute approximate surface area is 191 Å². The maximum atomic E-state index is 13.5. The number of carbonyl (C=O) groups is 1. The molecule has 0 unspecified atom stereocenters. The number of carbonyl (C=O) groups excluding carboxylic acids is 1. The van der Waals surface area contributed by atoms with E-state index in [-0.39, 0.29) is 17.3 Å². The normalized spacial score (nSPS) is 27.6. The predicted octanol–water partition coefficient (Wildman–Crippen LogP) is 5.12. The van der Waals surface area contributed by atoms with Crippen LogP contribution in [-0.2, 0) is 19.6 Å². The van der Waals surface area contributed by atoms with Crippen molar-refractivity contribution in [3.8, 4) is 0 Å². The Morgan fingerprint density at radius 2 is 1.81 bits per heavy atom. The van der Waals surface area contributed by atoms with E-state index in [0.29, 0.717) is 23.9 Å². The van der Waals surface area contributed by atoms with Crippen molar-refractivity contribution in [2.75, 3.05) is 13.1 Å². The molecule has 0 amide bonds. The van der Waals surface area contributed by atoms with E-state index in [0.717, 1.165) is 55.4 Å². The van der Waals surface area contributed by atoms with E-state index in [1.165, 1.54) is 25.3 Å². The second kappa shape index (κ2) is 8.14. The first kappa shape index (κ1) is 21.9. The van der Waals surface area contributed by atoms with Gasteiger partial charge in [-0.1, -0.05) is 48.6 Å². The molecule has 2 saturated carbocycles. The molecule has 1 saturated heterocycles. The van der Waals surface area contributed by atoms with Gasteiger partial charge in [0.2, 0.25) is 10.0 Å². The van der Waals surface area contributed by atoms with Crippen LogP contribution < -0.4 is 0 Å². The third-order valence-corrected chi connectivity index (χ3v) is 9.90. The zero-order chi connectivity index (χ0) is 22.5. The highest BCUT2D eigenvalue weighted by Gasteiger charge is 2.52. The highest BCUT2D eigenvalue weighted by molar-refractivity contribution is 7.89. The van der Waals surface area contributed by atoms with Gasteiger partial charge in [-0.25, -0.2) is 8.42 Å². The van der Waals surface area contributed by atoms with Crippen LogP contribution >= 0.6 is 0 Å². The summed E-state index contributed by atoms with van der Waals surface area (Å²) in [7, 11) is -3.61. The lowest BCUT2D eigenvalue weighted by atomic mass is 9.64. The number of hydrogen-bond acceptors (Lipinski definition) is 4. The number of aryl methyl sites for hydroxylation is 1. The van der Waals surface area contributed by atoms with Gasteiger partial charge in [0, 0.05) is 31.3 Å². The lowest BCUT2D eigenvalue weighted by Gasteiger charge is -2.42. The molecule has 1 spiro atoms. The van der Waals surface area contributed by atoms with E-state index in [9.17, 15) is 13.2 Å². The monoisotopic (exact) mass is 455 g/mol. The molecular weight excluding hydrogens is 422 g/mol. The first-order valence-corrected chi connectivity index (χ1v) is 13.4. The van der Waals surface area contributed by atoms with Crippen LogP contribution in [0.4, 0.5) is 0 Å². The molecule has 1 heterocycles. The maximum Gasteiger partial charge on any atom is 0.307 e. The molecule has 0 N–H and O–H groups in total. The van der Waals surface area contributed by atoms with Crippen LogP contribution in [0, 0.1) is 24.2 Å². The zero-order valence-corrected chi connectivity index (χ0v) is 19.9. The summed E-state index contributed by atoms with van der Waals surface area (Å²) in [6.07, 6.45) is 11.3. The Morgan fingerprint density at radius 3 is 2.50 bits per heavy atom. The first-order chi connectivity index (χ1) is 15.3. The molecular formula is C26H33NO4S. The van der Waals surface area contributed by atoms with Gasteiger partial charge in [0.1, 0.15) is 5.76 Å². The fourth-order valence-electron chi connectivity index (χ4n) is 6.63. The van der Waals surface area contributed by atoms with Gasteiger partial charge in [-0.3, -0.25) is 4.79 Å². The van der Waals surface area contributed by atoms with Crippen molar-refractivity contribution in [2.45, 2.75) is 70.1 Å². The molecule has 2 atom stereocenters. The Kier molecular flexibility index (Phi) is 5.57. The summed E-state index contributed by atoms with van der Waals surface area (Å²) in [6.45, 7) is 4.15. The second-order valence-corrected chi connectivity index (χ2v) is 12.0. The molecule has 1 aromatic carbocycles. The number of nitrogens with zero attached hydrogens (tertiary/aromatic N) is 1. The van der Waals surface area contributed by atoms with Crippen LogP contribution in [0.15, 0.2) is 52.1 Å². The quantitative estimate of drug-likeness (QED) is 0.469. The highest BCUT2D eigenvalue weighted by atomic mass is 32.2. The van der Waals surface area contributed by atoms with Gasteiger partial charge in [0.25, 0.3) is 0 Å². The van der Waals surface area contributed by atoms with Crippen LogP contribution in [0.3, 0.4) is 0 Å². The topological polar surface area (TPSA) is 63.7 Å². The van der Waals surface area contributed by atoms with E-state index in [1.807, 2.05) is 19.1 Å². The summed E-state index contributed by atoms with van der Waals surface area (Å²) in [5.74, 6) is 0.928. The number of benzene rings is 1. The van der Waals surface area contributed by atoms with Gasteiger partial charge in [-0.15, -0.1) is 0 Å². The summed E-state index contributed by atoms with van der Waals surface area (Å²) in [5.41, 5.74) is 3.37. The van der Waals surface area contributed by atoms with Gasteiger partial charge in [-0.2, -0.15) is 4.31 Å². The number of esters is 1. The smallest absolute Gasteiger partial charge is 0.307 e. The van der Waals surface area contributed by atoms with Crippen molar-refractivity contribution in [2.24, 2.45) is 17.3 Å². The van der Waals surface area contributed by atoms with Gasteiger partial charge < -0.3 is 4.74 Å². The molecule has 3 fully saturated rings. The molecule has 5 nitrogen and oxygen atoms in total. The molecule has 172 valence electrons. The van der Waals surface area contributed by atoms with Gasteiger partial charge in [-0.05, 0) is 62.7 Å². The summed E-state index contributed by atoms with van der Waals surface area (Å²) >= 11 is 0. The largest absolute Gasteiger partial charge is 0.431 e. The summed E-state index contributed by atoms with van der Waals surface area (Å²) in [4.78, 5) is 12.6. The van der Waals surface area contributed by atoms with Crippen LogP contribution in [0.25, 0.3) is 0 Å². The summed E-state index contributed by atoms with van der Waals surface area (Å²) in [6, 6.07) is 7.06. The number of hydrogen-bond donors (Lipinski definition) is 0. The minimum absolute atomic E-state index is 0.0138. The fourth-order valence-corrected chi connectivity index (χ4v) is 8.08. The Balaban J connectivity index is 1.60. The lowest BCUT2D eigenvalue weighted by Crippen LogP contribution is -2.35. The molecule has 1 aromatic rings. The molecule has 6 heteroatoms. The minimum Gasteiger partial charge on any atom is -0.431 e. The summed E-state index contributed by atoms with van der Waals surface area (Å²) < 4.78 is 34.6. The first-order valence-electron chi connectivity index (χ1n) is 12.0. The number of allylic oxidation sites excluding steroid dienone is 2. The van der Waals surface area contributed by atoms with Crippen molar-refractivity contribution in [3.63, 3.8) is 0 Å². The average Bonchev–Trinajstić information content (AvgIpc) is 3.39. The maximum absolute atomic E-state index is 13.5. The molecule has 4 aliphatic rings. The third-order valence-electron chi connectivity index (χ3n) is 8.08. The predicted molar refractivity (Wildman–Crippen MR) is 123 cm³/mol. The van der Waals surface area contributed by atoms with Crippen molar-refractivity contribution >= 4 is 16.0 Å². The van der Waals surface area contributed by atoms with Crippen LogP contribution in [0.5, 0.6) is 0 Å². The van der Waals surface area contributed by atoms with E-state index in [4.69, 9.17) is 4.74 Å². The van der Waals surface area contributed by atoms with Gasteiger partial charge in [0.05, 0.1) is 4.90 Å². The minimum atomic E-state index is -3.61. The second-order valence-electron chi connectivity index (χ2n) is 10.1. The van der Waals surface area contributed by atoms with E-state index >= 15 is 0 Å². The summed E-state index contributed by atoms with van der Waals surface area (Å²) in [5, 5.41) is 0. The third kappa shape index (κ3) is 3.56. The van der Waals surface area contributed by atoms with Crippen LogP contribution in [-0.4, -0.2) is 31.8 Å². The Bertz CT molecular complexity index is 1080. The molecule has 0 aromatic heterocycles. The number of rotatable bonds is 3. The van der Waals surface area contributed by atoms with Crippen molar-refractivity contribution in [1.82, 2.24) is 4.31 Å². The van der Waals surface area contributed by atoms with E-state index < -0.39 is 10.0 Å². The van der Waals surface area contributed by atoms with E-state index in [2.05, 4.69) is 6.08 Å². The molecule has 3 aliphatic carbocycles. The highest BCUT2D eigenvalue weighted by Crippen LogP contribution is 2.59. The van der Waals surface area contributed by atoms with Crippen molar-refractivity contribution < 1.29 is 17.9 Å². The van der Waals surface area contributed by atoms with Crippen molar-refractivity contribution in [1.29, 1.82) is 0 Å². The number of sulfonamides is 1. The molecule has 1 aliphatic heterocycles. The van der Waals surface area contributed by atoms with Gasteiger partial charge >= 0.3 is 5.97 Å². The number of ether oxygens (including phenoxy) is 1. The van der Waals surface area contributed by atoms with Crippen LogP contribution in [0.1, 0.15) is 63.9 Å². The van der Waals surface area contributed by atoms with Crippen molar-refractivity contribution in [3.05, 3.63) is 52.8 Å². The molecule has 5 rings (SSSR count). The Morgan fingerprint density at radius 1 is 1.09 bits per heavy atom. The standard InChI is InChI=1S/C26H33NO4S/c1-18-9-11-22(12-10-18)32(29,30)27-16-21-15-20-7-3-4-8-24(20)26(13-5-6-14-26)25(23(21)17-27)31-19(2)28/h9-12,15,21,24H,3-8,13-14,16-17H2,1-2H3/t21-,24-/m1/s1. The van der Waals surface area contributed by atoms with Gasteiger partial charge in [0.15, 0.2) is 0 Å². The zero-order valence-electron chi connectivity index (χ0n) is 19.1. The lowest BCUT2D eigenvalue weighted by molar-refractivity contribution is -0.139. The molecule has 0 bridgehead atoms. The fraction of sp³-hybridized carbons (Fsp3) is 0.577. The molecule has 32 heavy (non-hydrogen) atoms. The number of fused-ring (bicyclic) bond motifs is 3. The molecule has 0 radical (unpaired) electrons. The Hall–Kier alpha value is -1.92. The average molecular weight is 456 g/mol. The SMILES string of the molecule is CC(=O)OC1=C2CN(S(=O)(=O)c3ccc(C)cc3)C[C@H]2C=C2CCCC[C@H]2C12CCCC2.